The highest BCUT2D eigenvalue weighted by Crippen LogP contribution is 2.20. The first-order valence-corrected chi connectivity index (χ1v) is 9.96. The summed E-state index contributed by atoms with van der Waals surface area (Å²) in [5.41, 5.74) is 0. The molecule has 0 saturated carbocycles. The summed E-state index contributed by atoms with van der Waals surface area (Å²) in [5, 5.41) is 0. The highest BCUT2D eigenvalue weighted by Gasteiger charge is 2.26. The molecule has 0 unspecified atom stereocenters. The smallest absolute Gasteiger partial charge is 0.303 e. The van der Waals surface area contributed by atoms with Crippen LogP contribution in [0.2, 0.25) is 0 Å². The van der Waals surface area contributed by atoms with Gasteiger partial charge in [-0.25, -0.2) is 0 Å². The first-order chi connectivity index (χ1) is 12.0. The molecule has 0 fully saturated rings. The molecule has 0 radical (unpaired) electrons. The number of carbonyl (C=O) groups excluding carboxylic acids is 2. The highest BCUT2D eigenvalue weighted by atomic mass is 16.6. The van der Waals surface area contributed by atoms with E-state index in [0.29, 0.717) is 6.42 Å². The Bertz CT molecular complexity index is 365. The highest BCUT2D eigenvalue weighted by molar-refractivity contribution is 5.67. The Morgan fingerprint density at radius 3 is 1.68 bits per heavy atom. The number of hydrogen-bond donors (Lipinski definition) is 0. The molecule has 4 heteroatoms. The lowest BCUT2D eigenvalue weighted by molar-refractivity contribution is -0.166. The van der Waals surface area contributed by atoms with Crippen molar-refractivity contribution in [3.05, 3.63) is 12.7 Å². The summed E-state index contributed by atoms with van der Waals surface area (Å²) in [6.07, 6.45) is 14.2. The molecule has 0 N–H and O–H groups in total. The molecule has 2 atom stereocenters. The van der Waals surface area contributed by atoms with E-state index < -0.39 is 0 Å². The Morgan fingerprint density at radius 1 is 0.800 bits per heavy atom. The van der Waals surface area contributed by atoms with Crippen LogP contribution in [0.1, 0.15) is 97.8 Å². The van der Waals surface area contributed by atoms with Gasteiger partial charge >= 0.3 is 11.9 Å². The molecule has 0 aliphatic rings. The van der Waals surface area contributed by atoms with E-state index in [1.165, 1.54) is 52.4 Å². The molecular weight excluding hydrogens is 316 g/mol. The van der Waals surface area contributed by atoms with Crippen LogP contribution in [-0.2, 0) is 19.1 Å². The summed E-state index contributed by atoms with van der Waals surface area (Å²) in [5.74, 6) is -0.637. The number of esters is 2. The van der Waals surface area contributed by atoms with Crippen LogP contribution in [0, 0.1) is 0 Å². The van der Waals surface area contributed by atoms with Crippen molar-refractivity contribution in [3.63, 3.8) is 0 Å². The maximum absolute atomic E-state index is 11.4. The van der Waals surface area contributed by atoms with Gasteiger partial charge in [0, 0.05) is 13.8 Å². The minimum Gasteiger partial charge on any atom is -0.459 e. The van der Waals surface area contributed by atoms with Crippen molar-refractivity contribution in [2.24, 2.45) is 0 Å². The summed E-state index contributed by atoms with van der Waals surface area (Å²) in [4.78, 5) is 22.8. The summed E-state index contributed by atoms with van der Waals surface area (Å²) >= 11 is 0. The number of rotatable bonds is 16. The van der Waals surface area contributed by atoms with E-state index in [9.17, 15) is 9.59 Å². The van der Waals surface area contributed by atoms with Gasteiger partial charge in [0.15, 0.2) is 0 Å². The van der Waals surface area contributed by atoms with Crippen molar-refractivity contribution in [2.75, 3.05) is 0 Å². The Labute approximate surface area is 154 Å². The standard InChI is InChI=1S/C21H38O4/c1-5-7-9-10-11-12-13-15-17-21(25-19(4)23)20(24-18(3)22)16-14-8-6-2/h6,20-21H,2,5,7-17H2,1,3-4H3/t20-,21+/m1/s1. The number of hydrogen-bond acceptors (Lipinski definition) is 4. The molecule has 25 heavy (non-hydrogen) atoms. The summed E-state index contributed by atoms with van der Waals surface area (Å²) < 4.78 is 10.9. The first kappa shape index (κ1) is 23.7. The molecule has 0 rings (SSSR count). The second-order valence-electron chi connectivity index (χ2n) is 6.78. The third kappa shape index (κ3) is 14.7. The lowest BCUT2D eigenvalue weighted by atomic mass is 10.00. The fourth-order valence-electron chi connectivity index (χ4n) is 3.01. The molecular formula is C21H38O4. The Morgan fingerprint density at radius 2 is 1.24 bits per heavy atom. The molecule has 0 spiro atoms. The fraction of sp³-hybridized carbons (Fsp3) is 0.810. The van der Waals surface area contributed by atoms with Crippen molar-refractivity contribution < 1.29 is 19.1 Å². The number of allylic oxidation sites excluding steroid dienone is 1. The van der Waals surface area contributed by atoms with Crippen LogP contribution in [0.25, 0.3) is 0 Å². The van der Waals surface area contributed by atoms with Gasteiger partial charge in [-0.1, -0.05) is 57.9 Å². The number of unbranched alkanes of at least 4 members (excludes halogenated alkanes) is 8. The maximum Gasteiger partial charge on any atom is 0.303 e. The van der Waals surface area contributed by atoms with E-state index in [1.54, 1.807) is 0 Å². The summed E-state index contributed by atoms with van der Waals surface area (Å²) in [6.45, 7) is 8.76. The Balaban J connectivity index is 4.33. The van der Waals surface area contributed by atoms with E-state index in [4.69, 9.17) is 9.47 Å². The minimum absolute atomic E-state index is 0.314. The van der Waals surface area contributed by atoms with Crippen molar-refractivity contribution in [2.45, 2.75) is 110 Å². The minimum atomic E-state index is -0.356. The van der Waals surface area contributed by atoms with E-state index >= 15 is 0 Å². The number of carbonyl (C=O) groups is 2. The SMILES string of the molecule is C=CCCC[C@@H](OC(C)=O)[C@H](CCCCCCCCCC)OC(C)=O. The lowest BCUT2D eigenvalue weighted by Crippen LogP contribution is -2.34. The third-order valence-corrected chi connectivity index (χ3v) is 4.29. The number of ether oxygens (including phenoxy) is 2. The van der Waals surface area contributed by atoms with E-state index in [-0.39, 0.29) is 24.1 Å². The molecule has 0 amide bonds. The maximum atomic E-state index is 11.4. The zero-order valence-corrected chi connectivity index (χ0v) is 16.6. The summed E-state index contributed by atoms with van der Waals surface area (Å²) in [6, 6.07) is 0. The largest absolute Gasteiger partial charge is 0.459 e. The van der Waals surface area contributed by atoms with Crippen molar-refractivity contribution in [3.8, 4) is 0 Å². The molecule has 0 aromatic carbocycles. The first-order valence-electron chi connectivity index (χ1n) is 9.96. The predicted molar refractivity (Wildman–Crippen MR) is 102 cm³/mol. The van der Waals surface area contributed by atoms with E-state index in [2.05, 4.69) is 13.5 Å². The topological polar surface area (TPSA) is 52.6 Å². The Hall–Kier alpha value is -1.32. The van der Waals surface area contributed by atoms with Crippen LogP contribution < -0.4 is 0 Å². The summed E-state index contributed by atoms with van der Waals surface area (Å²) in [7, 11) is 0. The average molecular weight is 355 g/mol. The van der Waals surface area contributed by atoms with Gasteiger partial charge in [-0.2, -0.15) is 0 Å². The van der Waals surface area contributed by atoms with Gasteiger partial charge < -0.3 is 9.47 Å². The third-order valence-electron chi connectivity index (χ3n) is 4.29. The molecule has 0 aliphatic heterocycles. The average Bonchev–Trinajstić information content (AvgIpc) is 2.54. The van der Waals surface area contributed by atoms with Crippen LogP contribution in [0.4, 0.5) is 0 Å². The second kappa shape index (κ2) is 16.2. The van der Waals surface area contributed by atoms with Gasteiger partial charge in [0.05, 0.1) is 0 Å². The Kier molecular flexibility index (Phi) is 15.3. The molecule has 0 heterocycles. The lowest BCUT2D eigenvalue weighted by Gasteiger charge is -2.26. The second-order valence-corrected chi connectivity index (χ2v) is 6.78. The molecule has 0 bridgehead atoms. The van der Waals surface area contributed by atoms with Crippen molar-refractivity contribution in [1.82, 2.24) is 0 Å². The molecule has 0 saturated heterocycles. The zero-order chi connectivity index (χ0) is 18.9. The van der Waals surface area contributed by atoms with Crippen LogP contribution in [0.15, 0.2) is 12.7 Å². The van der Waals surface area contributed by atoms with Gasteiger partial charge in [0.1, 0.15) is 12.2 Å². The van der Waals surface area contributed by atoms with Gasteiger partial charge in [-0.05, 0) is 32.1 Å². The van der Waals surface area contributed by atoms with Gasteiger partial charge in [0.25, 0.3) is 0 Å². The van der Waals surface area contributed by atoms with Crippen LogP contribution >= 0.6 is 0 Å². The quantitative estimate of drug-likeness (QED) is 0.201. The van der Waals surface area contributed by atoms with Crippen LogP contribution in [-0.4, -0.2) is 24.1 Å². The van der Waals surface area contributed by atoms with Crippen LogP contribution in [0.3, 0.4) is 0 Å². The molecule has 0 aliphatic carbocycles. The van der Waals surface area contributed by atoms with Gasteiger partial charge in [-0.3, -0.25) is 9.59 Å². The molecule has 4 nitrogen and oxygen atoms in total. The van der Waals surface area contributed by atoms with Gasteiger partial charge in [-0.15, -0.1) is 6.58 Å². The van der Waals surface area contributed by atoms with E-state index in [0.717, 1.165) is 32.1 Å². The van der Waals surface area contributed by atoms with Crippen molar-refractivity contribution >= 4 is 11.9 Å². The molecule has 0 aromatic rings. The molecule has 0 aromatic heterocycles. The molecule has 146 valence electrons. The van der Waals surface area contributed by atoms with Crippen LogP contribution in [0.5, 0.6) is 0 Å². The fourth-order valence-corrected chi connectivity index (χ4v) is 3.01. The monoisotopic (exact) mass is 354 g/mol. The predicted octanol–water partition coefficient (Wildman–Crippen LogP) is 5.74. The van der Waals surface area contributed by atoms with Crippen molar-refractivity contribution in [1.29, 1.82) is 0 Å². The normalized spacial score (nSPS) is 13.1. The zero-order valence-electron chi connectivity index (χ0n) is 16.6. The van der Waals surface area contributed by atoms with Gasteiger partial charge in [0.2, 0.25) is 0 Å². The van der Waals surface area contributed by atoms with E-state index in [1.807, 2.05) is 6.08 Å².